The summed E-state index contributed by atoms with van der Waals surface area (Å²) in [6.45, 7) is 4.21. The van der Waals surface area contributed by atoms with Gasteiger partial charge >= 0.3 is 0 Å². The number of fused-ring (bicyclic) bond motifs is 1. The number of rotatable bonds is 6. The summed E-state index contributed by atoms with van der Waals surface area (Å²) in [5, 5.41) is 0.296. The van der Waals surface area contributed by atoms with Crippen molar-refractivity contribution in [2.75, 3.05) is 25.2 Å². The lowest BCUT2D eigenvalue weighted by molar-refractivity contribution is -0.131. The first-order chi connectivity index (χ1) is 12.3. The molecule has 1 aromatic heterocycles. The molecule has 142 valence electrons. The van der Waals surface area contributed by atoms with Gasteiger partial charge in [-0.25, -0.2) is 13.4 Å². The second-order valence-electron chi connectivity index (χ2n) is 6.37. The maximum Gasteiger partial charge on any atom is 0.236 e. The highest BCUT2D eigenvalue weighted by atomic mass is 32.2. The molecule has 9 heteroatoms. The number of benzene rings is 1. The first-order valence-corrected chi connectivity index (χ1v) is 11.2. The zero-order chi connectivity index (χ0) is 18.9. The Balaban J connectivity index is 1.72. The fraction of sp³-hybridized carbons (Fsp3) is 0.529. The molecule has 3 rings (SSSR count). The van der Waals surface area contributed by atoms with Crippen molar-refractivity contribution in [2.45, 2.75) is 36.7 Å². The van der Waals surface area contributed by atoms with Gasteiger partial charge in [0.1, 0.15) is 5.75 Å². The summed E-state index contributed by atoms with van der Waals surface area (Å²) in [6, 6.07) is 5.34. The minimum absolute atomic E-state index is 0.0577. The third-order valence-electron chi connectivity index (χ3n) is 4.58. The lowest BCUT2D eigenvalue weighted by Gasteiger charge is -2.29. The summed E-state index contributed by atoms with van der Waals surface area (Å²) in [5.41, 5.74) is 1.66. The summed E-state index contributed by atoms with van der Waals surface area (Å²) >= 11 is 1.35. The zero-order valence-corrected chi connectivity index (χ0v) is 16.7. The maximum absolute atomic E-state index is 12.8. The standard InChI is InChI=1S/C17H23N3O4S2/c1-4-20(12-7-8-26(22,23)10-12)16(21)11(2)25-17-18-14-6-5-13(24-3)9-15(14)19-17/h5-6,9,11-12H,4,7-8,10H2,1-3H3,(H,18,19)/t11-,12-/m0/s1. The largest absolute Gasteiger partial charge is 0.497 e. The SMILES string of the molecule is CCN(C(=O)[C@H](C)Sc1nc2ccc(OC)cc2[nH]1)[C@H]1CCS(=O)(=O)C1. The molecule has 1 saturated heterocycles. The van der Waals surface area contributed by atoms with Gasteiger partial charge in [0.05, 0.1) is 34.9 Å². The van der Waals surface area contributed by atoms with E-state index in [1.165, 1.54) is 11.8 Å². The number of sulfone groups is 1. The van der Waals surface area contributed by atoms with Gasteiger partial charge in [-0.3, -0.25) is 4.79 Å². The van der Waals surface area contributed by atoms with Crippen LogP contribution in [0.2, 0.25) is 0 Å². The van der Waals surface area contributed by atoms with Gasteiger partial charge in [0.15, 0.2) is 15.0 Å². The van der Waals surface area contributed by atoms with Gasteiger partial charge in [0.25, 0.3) is 0 Å². The van der Waals surface area contributed by atoms with Crippen LogP contribution < -0.4 is 4.74 Å². The first kappa shape index (κ1) is 19.0. The Labute approximate surface area is 157 Å². The molecule has 1 aromatic carbocycles. The number of aromatic amines is 1. The molecule has 0 bridgehead atoms. The van der Waals surface area contributed by atoms with Crippen molar-refractivity contribution < 1.29 is 17.9 Å². The lowest BCUT2D eigenvalue weighted by Crippen LogP contribution is -2.44. The molecule has 26 heavy (non-hydrogen) atoms. The third kappa shape index (κ3) is 3.98. The number of H-pyrrole nitrogens is 1. The second-order valence-corrected chi connectivity index (χ2v) is 9.92. The molecule has 7 nitrogen and oxygen atoms in total. The third-order valence-corrected chi connectivity index (χ3v) is 7.30. The molecule has 0 saturated carbocycles. The molecule has 0 unspecified atom stereocenters. The molecule has 1 aliphatic heterocycles. The number of hydrogen-bond donors (Lipinski definition) is 1. The summed E-state index contributed by atoms with van der Waals surface area (Å²) in [7, 11) is -1.42. The number of imidazole rings is 1. The Kier molecular flexibility index (Phi) is 5.47. The van der Waals surface area contributed by atoms with Gasteiger partial charge in [0.2, 0.25) is 5.91 Å². The van der Waals surface area contributed by atoms with Crippen molar-refractivity contribution in [3.63, 3.8) is 0 Å². The van der Waals surface area contributed by atoms with Crippen molar-refractivity contribution >= 4 is 38.5 Å². The summed E-state index contributed by atoms with van der Waals surface area (Å²) in [4.78, 5) is 22.2. The Morgan fingerprint density at radius 3 is 2.88 bits per heavy atom. The molecule has 0 spiro atoms. The van der Waals surface area contributed by atoms with Crippen molar-refractivity contribution in [3.8, 4) is 5.75 Å². The van der Waals surface area contributed by atoms with Crippen LogP contribution >= 0.6 is 11.8 Å². The van der Waals surface area contributed by atoms with Gasteiger partial charge in [-0.05, 0) is 32.4 Å². The lowest BCUT2D eigenvalue weighted by atomic mass is 10.2. The van der Waals surface area contributed by atoms with E-state index in [0.717, 1.165) is 16.8 Å². The van der Waals surface area contributed by atoms with Crippen LogP contribution in [0.25, 0.3) is 11.0 Å². The average molecular weight is 398 g/mol. The summed E-state index contributed by atoms with van der Waals surface area (Å²) < 4.78 is 28.7. The van der Waals surface area contributed by atoms with E-state index in [0.29, 0.717) is 18.1 Å². The fourth-order valence-corrected chi connectivity index (χ4v) is 5.84. The molecular weight excluding hydrogens is 374 g/mol. The number of thioether (sulfide) groups is 1. The number of carbonyl (C=O) groups is 1. The molecule has 2 heterocycles. The molecule has 2 atom stereocenters. The molecule has 1 amide bonds. The van der Waals surface area contributed by atoms with Gasteiger partial charge in [-0.2, -0.15) is 0 Å². The summed E-state index contributed by atoms with van der Waals surface area (Å²) in [6.07, 6.45) is 0.518. The molecule has 0 aliphatic carbocycles. The van der Waals surface area contributed by atoms with Crippen molar-refractivity contribution in [1.29, 1.82) is 0 Å². The van der Waals surface area contributed by atoms with Crippen LogP contribution in [0.5, 0.6) is 5.75 Å². The molecular formula is C17H23N3O4S2. The maximum atomic E-state index is 12.8. The number of aromatic nitrogens is 2. The van der Waals surface area contributed by atoms with E-state index in [1.807, 2.05) is 32.0 Å². The van der Waals surface area contributed by atoms with Crippen LogP contribution in [0, 0.1) is 0 Å². The van der Waals surface area contributed by atoms with Crippen LogP contribution in [0.1, 0.15) is 20.3 Å². The molecule has 1 N–H and O–H groups in total. The number of ether oxygens (including phenoxy) is 1. The number of carbonyl (C=O) groups excluding carboxylic acids is 1. The van der Waals surface area contributed by atoms with E-state index in [-0.39, 0.29) is 28.7 Å². The number of methoxy groups -OCH3 is 1. The van der Waals surface area contributed by atoms with E-state index in [2.05, 4.69) is 9.97 Å². The molecule has 1 fully saturated rings. The highest BCUT2D eigenvalue weighted by Gasteiger charge is 2.35. The Hall–Kier alpha value is -1.74. The first-order valence-electron chi connectivity index (χ1n) is 8.54. The number of nitrogens with one attached hydrogen (secondary N) is 1. The molecule has 1 aliphatic rings. The summed E-state index contributed by atoms with van der Waals surface area (Å²) in [5.74, 6) is 0.905. The van der Waals surface area contributed by atoms with E-state index in [1.54, 1.807) is 12.0 Å². The Morgan fingerprint density at radius 1 is 1.50 bits per heavy atom. The van der Waals surface area contributed by atoms with Crippen molar-refractivity contribution in [1.82, 2.24) is 14.9 Å². The van der Waals surface area contributed by atoms with Crippen LogP contribution in [-0.2, 0) is 14.6 Å². The quantitative estimate of drug-likeness (QED) is 0.751. The zero-order valence-electron chi connectivity index (χ0n) is 15.1. The normalized spacial score (nSPS) is 20.2. The Bertz CT molecular complexity index is 910. The minimum atomic E-state index is -3.02. The molecule has 0 radical (unpaired) electrons. The topological polar surface area (TPSA) is 92.4 Å². The van der Waals surface area contributed by atoms with Crippen LogP contribution in [0.3, 0.4) is 0 Å². The number of hydrogen-bond acceptors (Lipinski definition) is 6. The van der Waals surface area contributed by atoms with Crippen LogP contribution in [0.4, 0.5) is 0 Å². The average Bonchev–Trinajstić information content (AvgIpc) is 3.16. The van der Waals surface area contributed by atoms with Crippen LogP contribution in [0.15, 0.2) is 23.4 Å². The van der Waals surface area contributed by atoms with Gasteiger partial charge in [-0.15, -0.1) is 0 Å². The number of amides is 1. The van der Waals surface area contributed by atoms with Crippen LogP contribution in [-0.4, -0.2) is 65.6 Å². The predicted octanol–water partition coefficient (Wildman–Crippen LogP) is 2.09. The highest BCUT2D eigenvalue weighted by Crippen LogP contribution is 2.28. The van der Waals surface area contributed by atoms with Gasteiger partial charge in [-0.1, -0.05) is 11.8 Å². The van der Waals surface area contributed by atoms with E-state index >= 15 is 0 Å². The van der Waals surface area contributed by atoms with Crippen molar-refractivity contribution in [2.24, 2.45) is 0 Å². The van der Waals surface area contributed by atoms with Gasteiger partial charge in [0, 0.05) is 18.7 Å². The number of nitrogens with zero attached hydrogens (tertiary/aromatic N) is 2. The van der Waals surface area contributed by atoms with E-state index in [9.17, 15) is 13.2 Å². The smallest absolute Gasteiger partial charge is 0.236 e. The molecule has 2 aromatic rings. The monoisotopic (exact) mass is 397 g/mol. The van der Waals surface area contributed by atoms with E-state index in [4.69, 9.17) is 4.74 Å². The highest BCUT2D eigenvalue weighted by molar-refractivity contribution is 8.00. The van der Waals surface area contributed by atoms with Gasteiger partial charge < -0.3 is 14.6 Å². The fourth-order valence-electron chi connectivity index (χ4n) is 3.21. The van der Waals surface area contributed by atoms with Crippen molar-refractivity contribution in [3.05, 3.63) is 18.2 Å². The Morgan fingerprint density at radius 2 is 2.27 bits per heavy atom. The minimum Gasteiger partial charge on any atom is -0.497 e. The second kappa shape index (κ2) is 7.48. The van der Waals surface area contributed by atoms with E-state index < -0.39 is 9.84 Å². The predicted molar refractivity (Wildman–Crippen MR) is 102 cm³/mol.